The zero-order valence-electron chi connectivity index (χ0n) is 16.8. The Labute approximate surface area is 167 Å². The van der Waals surface area contributed by atoms with Crippen molar-refractivity contribution in [2.24, 2.45) is 5.92 Å². The van der Waals surface area contributed by atoms with Gasteiger partial charge in [0.1, 0.15) is 12.4 Å². The molecule has 1 aromatic heterocycles. The van der Waals surface area contributed by atoms with Gasteiger partial charge in [0.25, 0.3) is 0 Å². The van der Waals surface area contributed by atoms with Gasteiger partial charge in [-0.25, -0.2) is 0 Å². The number of hydrogen-bond donors (Lipinski definition) is 2. The molecule has 2 heterocycles. The number of H-pyrrole nitrogens is 1. The summed E-state index contributed by atoms with van der Waals surface area (Å²) in [5.74, 6) is 1.63. The van der Waals surface area contributed by atoms with Crippen molar-refractivity contribution in [3.05, 3.63) is 65.4 Å². The number of nitrogens with one attached hydrogen (secondary N) is 1. The number of aliphatic hydroxyl groups is 1. The predicted octanol–water partition coefficient (Wildman–Crippen LogP) is 4.82. The van der Waals surface area contributed by atoms with Crippen LogP contribution < -0.4 is 4.74 Å². The molecular formula is C24H30N2O2. The van der Waals surface area contributed by atoms with Crippen LogP contribution in [0, 0.1) is 12.8 Å². The van der Waals surface area contributed by atoms with E-state index in [1.165, 1.54) is 18.4 Å². The molecule has 0 radical (unpaired) electrons. The summed E-state index contributed by atoms with van der Waals surface area (Å²) in [7, 11) is 0. The fraction of sp³-hybridized carbons (Fsp3) is 0.417. The van der Waals surface area contributed by atoms with Gasteiger partial charge in [-0.1, -0.05) is 42.8 Å². The number of nitrogens with zero attached hydrogens (tertiary/aromatic N) is 1. The molecular weight excluding hydrogens is 348 g/mol. The number of hydrogen-bond acceptors (Lipinski definition) is 3. The molecule has 148 valence electrons. The van der Waals surface area contributed by atoms with Crippen molar-refractivity contribution in [2.45, 2.75) is 39.4 Å². The molecule has 2 N–H and O–H groups in total. The third-order valence-corrected chi connectivity index (χ3v) is 5.87. The van der Waals surface area contributed by atoms with Crippen molar-refractivity contribution in [3.8, 4) is 5.75 Å². The van der Waals surface area contributed by atoms with E-state index in [0.29, 0.717) is 13.2 Å². The Kier molecular flexibility index (Phi) is 5.69. The van der Waals surface area contributed by atoms with Crippen LogP contribution in [0.1, 0.15) is 42.7 Å². The third kappa shape index (κ3) is 4.23. The average Bonchev–Trinajstić information content (AvgIpc) is 3.08. The Morgan fingerprint density at radius 3 is 2.57 bits per heavy atom. The van der Waals surface area contributed by atoms with Gasteiger partial charge in [-0.15, -0.1) is 0 Å². The van der Waals surface area contributed by atoms with Crippen LogP contribution in [0.25, 0.3) is 10.9 Å². The van der Waals surface area contributed by atoms with Crippen LogP contribution in [-0.2, 0) is 6.61 Å². The highest BCUT2D eigenvalue weighted by Crippen LogP contribution is 2.30. The lowest BCUT2D eigenvalue weighted by molar-refractivity contribution is 0.0911. The molecule has 1 aliphatic rings. The predicted molar refractivity (Wildman–Crippen MR) is 114 cm³/mol. The number of fused-ring (bicyclic) bond motifs is 1. The Morgan fingerprint density at radius 1 is 1.11 bits per heavy atom. The first kappa shape index (κ1) is 19.0. The highest BCUT2D eigenvalue weighted by molar-refractivity contribution is 5.85. The van der Waals surface area contributed by atoms with Gasteiger partial charge in [0.05, 0.1) is 11.8 Å². The van der Waals surface area contributed by atoms with Gasteiger partial charge in [0.2, 0.25) is 0 Å². The Morgan fingerprint density at radius 2 is 1.82 bits per heavy atom. The normalized spacial score (nSPS) is 17.1. The Balaban J connectivity index is 1.55. The van der Waals surface area contributed by atoms with E-state index < -0.39 is 6.10 Å². The van der Waals surface area contributed by atoms with E-state index in [4.69, 9.17) is 4.74 Å². The van der Waals surface area contributed by atoms with Crippen LogP contribution >= 0.6 is 0 Å². The quantitative estimate of drug-likeness (QED) is 0.646. The maximum atomic E-state index is 11.1. The van der Waals surface area contributed by atoms with Crippen molar-refractivity contribution >= 4 is 10.9 Å². The van der Waals surface area contributed by atoms with E-state index in [0.717, 1.165) is 46.9 Å². The number of likely N-dealkylation sites (tertiary alicyclic amines) is 1. The first-order chi connectivity index (χ1) is 13.6. The van der Waals surface area contributed by atoms with Gasteiger partial charge < -0.3 is 19.7 Å². The minimum absolute atomic E-state index is 0.418. The molecule has 1 saturated heterocycles. The summed E-state index contributed by atoms with van der Waals surface area (Å²) in [6, 6.07) is 16.3. The molecule has 1 aliphatic heterocycles. The standard InChI is InChI=1S/C24H30N2O2/c1-17-7-9-19(10-8-17)28-16-22-24(20-5-3-4-6-21(20)25-22)23(27)15-26-13-11-18(2)12-14-26/h3-10,18,23,25,27H,11-16H2,1-2H3. The number of aryl methyl sites for hydroxylation is 1. The van der Waals surface area contributed by atoms with Crippen molar-refractivity contribution < 1.29 is 9.84 Å². The summed E-state index contributed by atoms with van der Waals surface area (Å²) in [4.78, 5) is 5.85. The second-order valence-electron chi connectivity index (χ2n) is 8.16. The van der Waals surface area contributed by atoms with Crippen LogP contribution in [0.4, 0.5) is 0 Å². The van der Waals surface area contributed by atoms with E-state index in [-0.39, 0.29) is 0 Å². The smallest absolute Gasteiger partial charge is 0.128 e. The molecule has 1 atom stereocenters. The van der Waals surface area contributed by atoms with Crippen molar-refractivity contribution in [1.82, 2.24) is 9.88 Å². The molecule has 28 heavy (non-hydrogen) atoms. The number of piperidine rings is 1. The topological polar surface area (TPSA) is 48.5 Å². The Bertz CT molecular complexity index is 908. The molecule has 4 rings (SSSR count). The number of aromatic amines is 1. The summed E-state index contributed by atoms with van der Waals surface area (Å²) in [5, 5.41) is 12.2. The second kappa shape index (κ2) is 8.38. The highest BCUT2D eigenvalue weighted by atomic mass is 16.5. The maximum Gasteiger partial charge on any atom is 0.128 e. The molecule has 1 fully saturated rings. The van der Waals surface area contributed by atoms with Crippen molar-refractivity contribution in [1.29, 1.82) is 0 Å². The maximum absolute atomic E-state index is 11.1. The van der Waals surface area contributed by atoms with Gasteiger partial charge in [0.15, 0.2) is 0 Å². The summed E-state index contributed by atoms with van der Waals surface area (Å²) in [6.07, 6.45) is 1.90. The zero-order valence-corrected chi connectivity index (χ0v) is 16.8. The molecule has 2 aromatic carbocycles. The largest absolute Gasteiger partial charge is 0.487 e. The molecule has 3 aromatic rings. The number of β-amino-alcohol motifs (C(OH)–C–C–N with tert-alkyl or cyclic N) is 1. The van der Waals surface area contributed by atoms with Crippen molar-refractivity contribution in [2.75, 3.05) is 19.6 Å². The molecule has 0 aliphatic carbocycles. The van der Waals surface area contributed by atoms with E-state index in [2.05, 4.69) is 35.9 Å². The minimum atomic E-state index is -0.527. The number of para-hydroxylation sites is 1. The Hall–Kier alpha value is -2.30. The summed E-state index contributed by atoms with van der Waals surface area (Å²) >= 11 is 0. The summed E-state index contributed by atoms with van der Waals surface area (Å²) in [5.41, 5.74) is 4.19. The van der Waals surface area contributed by atoms with E-state index in [1.807, 2.05) is 36.4 Å². The van der Waals surface area contributed by atoms with Gasteiger partial charge >= 0.3 is 0 Å². The van der Waals surface area contributed by atoms with Crippen LogP contribution in [-0.4, -0.2) is 34.6 Å². The van der Waals surface area contributed by atoms with E-state index in [9.17, 15) is 5.11 Å². The molecule has 1 unspecified atom stereocenters. The minimum Gasteiger partial charge on any atom is -0.487 e. The molecule has 0 amide bonds. The average molecular weight is 379 g/mol. The number of aliphatic hydroxyl groups excluding tert-OH is 1. The van der Waals surface area contributed by atoms with Gasteiger partial charge in [-0.3, -0.25) is 0 Å². The van der Waals surface area contributed by atoms with Gasteiger partial charge in [-0.2, -0.15) is 0 Å². The fourth-order valence-electron chi connectivity index (χ4n) is 4.08. The van der Waals surface area contributed by atoms with Gasteiger partial charge in [0, 0.05) is 23.0 Å². The second-order valence-corrected chi connectivity index (χ2v) is 8.16. The molecule has 0 saturated carbocycles. The summed E-state index contributed by atoms with van der Waals surface area (Å²) < 4.78 is 6.02. The molecule has 0 spiro atoms. The lowest BCUT2D eigenvalue weighted by Gasteiger charge is -2.31. The first-order valence-corrected chi connectivity index (χ1v) is 10.3. The third-order valence-electron chi connectivity index (χ3n) is 5.87. The van der Waals surface area contributed by atoms with E-state index in [1.54, 1.807) is 0 Å². The number of ether oxygens (including phenoxy) is 1. The van der Waals surface area contributed by atoms with Crippen LogP contribution in [0.15, 0.2) is 48.5 Å². The monoisotopic (exact) mass is 378 g/mol. The SMILES string of the molecule is Cc1ccc(OCc2[nH]c3ccccc3c2C(O)CN2CCC(C)CC2)cc1. The lowest BCUT2D eigenvalue weighted by Crippen LogP contribution is -2.36. The highest BCUT2D eigenvalue weighted by Gasteiger charge is 2.23. The number of benzene rings is 2. The molecule has 0 bridgehead atoms. The van der Waals surface area contributed by atoms with Crippen LogP contribution in [0.5, 0.6) is 5.75 Å². The van der Waals surface area contributed by atoms with Crippen LogP contribution in [0.2, 0.25) is 0 Å². The van der Waals surface area contributed by atoms with Crippen molar-refractivity contribution in [3.63, 3.8) is 0 Å². The number of rotatable bonds is 6. The first-order valence-electron chi connectivity index (χ1n) is 10.3. The molecule has 4 heteroatoms. The molecule has 4 nitrogen and oxygen atoms in total. The fourth-order valence-corrected chi connectivity index (χ4v) is 4.08. The lowest BCUT2D eigenvalue weighted by atomic mass is 9.98. The van der Waals surface area contributed by atoms with Crippen LogP contribution in [0.3, 0.4) is 0 Å². The number of aromatic nitrogens is 1. The van der Waals surface area contributed by atoms with E-state index >= 15 is 0 Å². The van der Waals surface area contributed by atoms with Gasteiger partial charge in [-0.05, 0) is 57.0 Å². The zero-order chi connectivity index (χ0) is 19.5. The summed E-state index contributed by atoms with van der Waals surface area (Å²) in [6.45, 7) is 7.60.